The molecule has 2 amide bonds. The molecule has 0 spiro atoms. The molecule has 188 valence electrons. The molecule has 0 saturated carbocycles. The van der Waals surface area contributed by atoms with Crippen molar-refractivity contribution in [1.82, 2.24) is 10.6 Å². The fourth-order valence-electron chi connectivity index (χ4n) is 3.19. The number of amides is 2. The lowest BCUT2D eigenvalue weighted by Crippen LogP contribution is -2.37. The Labute approximate surface area is 197 Å². The summed E-state index contributed by atoms with van der Waals surface area (Å²) >= 11 is 0. The van der Waals surface area contributed by atoms with Crippen LogP contribution < -0.4 is 10.6 Å². The van der Waals surface area contributed by atoms with Crippen LogP contribution in [0.5, 0.6) is 0 Å². The Bertz CT molecular complexity index is 528. The Morgan fingerprint density at radius 1 is 0.781 bits per heavy atom. The third-order valence-corrected chi connectivity index (χ3v) is 5.22. The molecule has 0 bridgehead atoms. The highest BCUT2D eigenvalue weighted by Crippen LogP contribution is 2.07. The van der Waals surface area contributed by atoms with E-state index in [0.29, 0.717) is 19.4 Å². The van der Waals surface area contributed by atoms with Gasteiger partial charge in [0.15, 0.2) is 0 Å². The van der Waals surface area contributed by atoms with Crippen LogP contribution in [-0.2, 0) is 14.3 Å². The first-order chi connectivity index (χ1) is 15.1. The van der Waals surface area contributed by atoms with Crippen molar-refractivity contribution in [3.8, 4) is 0 Å². The summed E-state index contributed by atoms with van der Waals surface area (Å²) in [6.07, 6.45) is 12.4. The molecule has 0 unspecified atom stereocenters. The molecule has 0 atom stereocenters. The predicted octanol–water partition coefficient (Wildman–Crippen LogP) is 3.06. The van der Waals surface area contributed by atoms with E-state index in [4.69, 9.17) is 4.74 Å². The van der Waals surface area contributed by atoms with Gasteiger partial charge in [0.25, 0.3) is 0 Å². The van der Waals surface area contributed by atoms with Crippen LogP contribution in [-0.4, -0.2) is 95.4 Å². The number of hydrogen-bond acceptors (Lipinski definition) is 3. The van der Waals surface area contributed by atoms with Gasteiger partial charge in [-0.15, -0.1) is 0 Å². The fraction of sp³-hybridized carbons (Fsp3) is 0.840. The van der Waals surface area contributed by atoms with Crippen LogP contribution in [0, 0.1) is 0 Å². The second-order valence-electron chi connectivity index (χ2n) is 10.3. The minimum Gasteiger partial charge on any atom is -0.376 e. The van der Waals surface area contributed by atoms with Gasteiger partial charge in [-0.25, -0.2) is 0 Å². The van der Waals surface area contributed by atoms with E-state index in [1.807, 2.05) is 6.08 Å². The standard InChI is InChI=1S/C25H50N4O3/c1-7-22-32-23-21-29(5,6)20-14-18-27-25(31)16-12-10-8-9-11-15-24(30)26-17-13-19-28(2,3)4/h14,20H,7-13,15-19,21-23H2,1-6H3/p+2. The maximum absolute atomic E-state index is 12.0. The van der Waals surface area contributed by atoms with E-state index in [-0.39, 0.29) is 11.8 Å². The molecule has 32 heavy (non-hydrogen) atoms. The van der Waals surface area contributed by atoms with Crippen molar-refractivity contribution >= 4 is 11.8 Å². The lowest BCUT2D eigenvalue weighted by molar-refractivity contribution is -0.870. The van der Waals surface area contributed by atoms with Crippen LogP contribution in [0.25, 0.3) is 0 Å². The van der Waals surface area contributed by atoms with Gasteiger partial charge in [0.2, 0.25) is 11.8 Å². The molecule has 0 aromatic carbocycles. The van der Waals surface area contributed by atoms with E-state index in [0.717, 1.165) is 86.8 Å². The minimum absolute atomic E-state index is 0.111. The number of hydrogen-bond donors (Lipinski definition) is 2. The Balaban J connectivity index is 3.60. The first kappa shape index (κ1) is 30.6. The highest BCUT2D eigenvalue weighted by molar-refractivity contribution is 5.76. The van der Waals surface area contributed by atoms with Gasteiger partial charge in [0, 0.05) is 39.0 Å². The maximum atomic E-state index is 12.0. The molecule has 0 rings (SSSR count). The van der Waals surface area contributed by atoms with Gasteiger partial charge < -0.3 is 24.3 Å². The summed E-state index contributed by atoms with van der Waals surface area (Å²) in [5.41, 5.74) is 0. The number of nitrogens with one attached hydrogen (secondary N) is 2. The zero-order valence-corrected chi connectivity index (χ0v) is 21.9. The summed E-state index contributed by atoms with van der Waals surface area (Å²) < 4.78 is 7.22. The second kappa shape index (κ2) is 18.0. The first-order valence-corrected chi connectivity index (χ1v) is 12.5. The topological polar surface area (TPSA) is 67.4 Å². The highest BCUT2D eigenvalue weighted by atomic mass is 16.5. The number of unbranched alkanes of at least 4 members (excludes halogenated alkanes) is 4. The predicted molar refractivity (Wildman–Crippen MR) is 133 cm³/mol. The fourth-order valence-corrected chi connectivity index (χ4v) is 3.19. The molecular weight excluding hydrogens is 404 g/mol. The normalized spacial score (nSPS) is 12.3. The van der Waals surface area contributed by atoms with Gasteiger partial charge in [-0.1, -0.05) is 26.2 Å². The molecule has 0 radical (unpaired) electrons. The van der Waals surface area contributed by atoms with Crippen molar-refractivity contribution in [3.63, 3.8) is 0 Å². The van der Waals surface area contributed by atoms with Gasteiger partial charge in [-0.3, -0.25) is 9.59 Å². The van der Waals surface area contributed by atoms with Gasteiger partial charge in [-0.2, -0.15) is 0 Å². The maximum Gasteiger partial charge on any atom is 0.220 e. The van der Waals surface area contributed by atoms with Crippen molar-refractivity contribution in [2.24, 2.45) is 0 Å². The van der Waals surface area contributed by atoms with Crippen LogP contribution in [0.2, 0.25) is 0 Å². The molecule has 0 fully saturated rings. The van der Waals surface area contributed by atoms with E-state index >= 15 is 0 Å². The molecular formula is C25H52N4O3+2. The molecule has 0 aliphatic rings. The quantitative estimate of drug-likeness (QED) is 0.219. The Morgan fingerprint density at radius 2 is 1.38 bits per heavy atom. The van der Waals surface area contributed by atoms with Gasteiger partial charge in [0.1, 0.15) is 6.54 Å². The average Bonchev–Trinajstić information content (AvgIpc) is 2.70. The molecule has 0 aliphatic carbocycles. The molecule has 0 aromatic rings. The second-order valence-corrected chi connectivity index (χ2v) is 10.3. The Morgan fingerprint density at radius 3 is 1.97 bits per heavy atom. The van der Waals surface area contributed by atoms with Crippen LogP contribution >= 0.6 is 0 Å². The van der Waals surface area contributed by atoms with Crippen molar-refractivity contribution in [1.29, 1.82) is 0 Å². The number of likely N-dealkylation sites (N-methyl/N-ethyl adjacent to an activating group) is 1. The number of carbonyl (C=O) groups excluding carboxylic acids is 2. The van der Waals surface area contributed by atoms with E-state index in [9.17, 15) is 9.59 Å². The van der Waals surface area contributed by atoms with Crippen LogP contribution in [0.4, 0.5) is 0 Å². The summed E-state index contributed by atoms with van der Waals surface area (Å²) in [4.78, 5) is 23.8. The summed E-state index contributed by atoms with van der Waals surface area (Å²) in [6, 6.07) is 0. The minimum atomic E-state index is 0.111. The molecule has 7 heteroatoms. The first-order valence-electron chi connectivity index (χ1n) is 12.5. The van der Waals surface area contributed by atoms with Crippen molar-refractivity contribution in [2.75, 3.05) is 74.6 Å². The van der Waals surface area contributed by atoms with Crippen LogP contribution in [0.1, 0.15) is 64.7 Å². The van der Waals surface area contributed by atoms with Crippen molar-refractivity contribution in [2.45, 2.75) is 64.7 Å². The van der Waals surface area contributed by atoms with E-state index in [2.05, 4.69) is 59.0 Å². The van der Waals surface area contributed by atoms with Crippen LogP contribution in [0.15, 0.2) is 12.3 Å². The van der Waals surface area contributed by atoms with Gasteiger partial charge in [0.05, 0.1) is 54.6 Å². The number of nitrogens with zero attached hydrogens (tertiary/aromatic N) is 2. The Hall–Kier alpha value is -1.44. The highest BCUT2D eigenvalue weighted by Gasteiger charge is 2.10. The molecule has 7 nitrogen and oxygen atoms in total. The van der Waals surface area contributed by atoms with Crippen molar-refractivity contribution < 1.29 is 23.3 Å². The lowest BCUT2D eigenvalue weighted by atomic mass is 10.1. The monoisotopic (exact) mass is 456 g/mol. The third kappa shape index (κ3) is 21.8. The molecule has 0 aliphatic heterocycles. The number of rotatable bonds is 20. The van der Waals surface area contributed by atoms with Gasteiger partial charge >= 0.3 is 0 Å². The zero-order valence-electron chi connectivity index (χ0n) is 21.9. The average molecular weight is 457 g/mol. The van der Waals surface area contributed by atoms with E-state index < -0.39 is 0 Å². The summed E-state index contributed by atoms with van der Waals surface area (Å²) in [6.45, 7) is 6.99. The largest absolute Gasteiger partial charge is 0.376 e. The van der Waals surface area contributed by atoms with Crippen molar-refractivity contribution in [3.05, 3.63) is 12.3 Å². The summed E-state index contributed by atoms with van der Waals surface area (Å²) in [5.74, 6) is 0.272. The zero-order chi connectivity index (χ0) is 24.3. The Kier molecular flexibility index (Phi) is 17.2. The van der Waals surface area contributed by atoms with Crippen LogP contribution in [0.3, 0.4) is 0 Å². The number of quaternary nitrogens is 2. The number of ether oxygens (including phenoxy) is 1. The lowest BCUT2D eigenvalue weighted by Gasteiger charge is -2.24. The number of carbonyl (C=O) groups is 2. The van der Waals surface area contributed by atoms with E-state index in [1.54, 1.807) is 0 Å². The van der Waals surface area contributed by atoms with Gasteiger partial charge in [-0.05, 0) is 25.3 Å². The third-order valence-electron chi connectivity index (χ3n) is 5.22. The molecule has 0 aromatic heterocycles. The summed E-state index contributed by atoms with van der Waals surface area (Å²) in [7, 11) is 10.7. The molecule has 2 N–H and O–H groups in total. The smallest absolute Gasteiger partial charge is 0.220 e. The van der Waals surface area contributed by atoms with E-state index in [1.165, 1.54) is 0 Å². The molecule has 0 heterocycles. The molecule has 0 saturated heterocycles. The summed E-state index contributed by atoms with van der Waals surface area (Å²) in [5, 5.41) is 5.97. The SMILES string of the molecule is CCCOCC[N+](C)(C)C=CCNC(=O)CCCCCCCC(=O)NCCC[N+](C)(C)C.